The average Bonchev–Trinajstić information content (AvgIpc) is 3.60. The van der Waals surface area contributed by atoms with Crippen molar-refractivity contribution in [2.24, 2.45) is 10.8 Å². The first kappa shape index (κ1) is 17.4. The van der Waals surface area contributed by atoms with Gasteiger partial charge in [0.05, 0.1) is 0 Å². The molecule has 2 aliphatic rings. The fourth-order valence-electron chi connectivity index (χ4n) is 4.70. The Morgan fingerprint density at radius 1 is 0.808 bits per heavy atom. The van der Waals surface area contributed by atoms with E-state index in [-0.39, 0.29) is 10.8 Å². The third kappa shape index (κ3) is 3.32. The van der Waals surface area contributed by atoms with Gasteiger partial charge in [-0.25, -0.2) is 0 Å². The van der Waals surface area contributed by atoms with Crippen LogP contribution in [0.5, 0.6) is 0 Å². The van der Waals surface area contributed by atoms with Gasteiger partial charge < -0.3 is 0 Å². The van der Waals surface area contributed by atoms with Gasteiger partial charge >= 0.3 is 0 Å². The molecule has 2 fully saturated rings. The molecular weight excluding hydrogens is 320 g/mol. The summed E-state index contributed by atoms with van der Waals surface area (Å²) in [5.74, 6) is 1.39. The molecule has 0 aliphatic heterocycles. The largest absolute Gasteiger partial charge is 0.298 e. The van der Waals surface area contributed by atoms with Crippen LogP contribution in [0.2, 0.25) is 0 Å². The maximum Gasteiger partial charge on any atom is 0.145 e. The zero-order valence-electron chi connectivity index (χ0n) is 15.8. The van der Waals surface area contributed by atoms with Crippen molar-refractivity contribution >= 4 is 5.78 Å². The fraction of sp³-hybridized carbons (Fsp3) is 0.522. The molecule has 3 nitrogen and oxygen atoms in total. The minimum Gasteiger partial charge on any atom is -0.298 e. The zero-order valence-corrected chi connectivity index (χ0v) is 15.8. The molecule has 4 rings (SSSR count). The highest BCUT2D eigenvalue weighted by atomic mass is 16.1. The van der Waals surface area contributed by atoms with Gasteiger partial charge in [0.2, 0.25) is 0 Å². The van der Waals surface area contributed by atoms with Crippen molar-refractivity contribution < 1.29 is 4.79 Å². The Morgan fingerprint density at radius 2 is 1.15 bits per heavy atom. The van der Waals surface area contributed by atoms with Crippen LogP contribution in [0.3, 0.4) is 0 Å². The Hall–Kier alpha value is -2.03. The van der Waals surface area contributed by atoms with Crippen LogP contribution in [0, 0.1) is 10.8 Å². The van der Waals surface area contributed by atoms with Crippen LogP contribution in [-0.2, 0) is 4.79 Å². The molecule has 2 unspecified atom stereocenters. The Kier molecular flexibility index (Phi) is 4.42. The summed E-state index contributed by atoms with van der Waals surface area (Å²) in [6.07, 6.45) is 13.7. The van der Waals surface area contributed by atoms with E-state index in [0.717, 1.165) is 38.5 Å². The molecule has 2 saturated carbocycles. The van der Waals surface area contributed by atoms with Gasteiger partial charge in [-0.2, -0.15) is 0 Å². The number of Topliss-reactive ketones (excluding diaryl/α,β-unsaturated/α-hetero) is 1. The van der Waals surface area contributed by atoms with Gasteiger partial charge in [0, 0.05) is 35.6 Å². The lowest BCUT2D eigenvalue weighted by molar-refractivity contribution is -0.130. The normalized spacial score (nSPS) is 21.6. The van der Waals surface area contributed by atoms with E-state index in [1.165, 1.54) is 11.1 Å². The number of ketones is 1. The van der Waals surface area contributed by atoms with Crippen molar-refractivity contribution in [3.05, 3.63) is 60.2 Å². The summed E-state index contributed by atoms with van der Waals surface area (Å²) in [5.41, 5.74) is 2.48. The molecule has 2 atom stereocenters. The number of carbonyl (C=O) groups excluding carboxylic acids is 1. The second-order valence-corrected chi connectivity index (χ2v) is 8.66. The van der Waals surface area contributed by atoms with E-state index in [9.17, 15) is 4.79 Å². The second-order valence-electron chi connectivity index (χ2n) is 8.66. The highest BCUT2D eigenvalue weighted by Gasteiger charge is 2.61. The number of rotatable bonds is 8. The molecule has 0 radical (unpaired) electrons. The van der Waals surface area contributed by atoms with Crippen LogP contribution in [0.1, 0.15) is 75.3 Å². The van der Waals surface area contributed by atoms with E-state index in [4.69, 9.17) is 0 Å². The Labute approximate surface area is 156 Å². The molecule has 0 N–H and O–H groups in total. The summed E-state index contributed by atoms with van der Waals surface area (Å²) in [6, 6.07) is 8.35. The highest BCUT2D eigenvalue weighted by molar-refractivity contribution is 5.94. The molecule has 2 aromatic rings. The lowest BCUT2D eigenvalue weighted by Crippen LogP contribution is -2.29. The predicted octanol–water partition coefficient (Wildman–Crippen LogP) is 5.29. The van der Waals surface area contributed by atoms with E-state index < -0.39 is 0 Å². The predicted molar refractivity (Wildman–Crippen MR) is 103 cm³/mol. The van der Waals surface area contributed by atoms with Crippen LogP contribution in [0.15, 0.2) is 49.1 Å². The number of hydrogen-bond acceptors (Lipinski definition) is 3. The SMILES string of the molecule is CC(CC1(C(=O)C2(CC(C)c3ccncc3)CC2)CC1)c1ccncc1. The molecule has 3 heteroatoms. The maximum absolute atomic E-state index is 13.5. The monoisotopic (exact) mass is 348 g/mol. The zero-order chi connectivity index (χ0) is 18.2. The highest BCUT2D eigenvalue weighted by Crippen LogP contribution is 2.64. The Bertz CT molecular complexity index is 698. The summed E-state index contributed by atoms with van der Waals surface area (Å²) in [6.45, 7) is 4.50. The second kappa shape index (κ2) is 6.61. The van der Waals surface area contributed by atoms with Crippen LogP contribution in [-0.4, -0.2) is 15.8 Å². The Morgan fingerprint density at radius 3 is 1.46 bits per heavy atom. The number of aromatic nitrogens is 2. The summed E-state index contributed by atoms with van der Waals surface area (Å²) < 4.78 is 0. The molecule has 26 heavy (non-hydrogen) atoms. The van der Waals surface area contributed by atoms with E-state index in [2.05, 4.69) is 48.1 Å². The van der Waals surface area contributed by atoms with Gasteiger partial charge in [-0.05, 0) is 85.8 Å². The summed E-state index contributed by atoms with van der Waals surface area (Å²) >= 11 is 0. The molecule has 0 bridgehead atoms. The van der Waals surface area contributed by atoms with Crippen LogP contribution < -0.4 is 0 Å². The van der Waals surface area contributed by atoms with E-state index in [1.807, 2.05) is 24.8 Å². The number of nitrogens with zero attached hydrogens (tertiary/aromatic N) is 2. The van der Waals surface area contributed by atoms with Crippen LogP contribution >= 0.6 is 0 Å². The summed E-state index contributed by atoms with van der Waals surface area (Å²) in [7, 11) is 0. The fourth-order valence-corrected chi connectivity index (χ4v) is 4.70. The molecule has 0 spiro atoms. The lowest BCUT2D eigenvalue weighted by atomic mass is 9.76. The van der Waals surface area contributed by atoms with Gasteiger partial charge in [0.15, 0.2) is 0 Å². The lowest BCUT2D eigenvalue weighted by Gasteiger charge is -2.26. The average molecular weight is 348 g/mol. The van der Waals surface area contributed by atoms with Crippen molar-refractivity contribution in [3.63, 3.8) is 0 Å². The summed E-state index contributed by atoms with van der Waals surface area (Å²) in [4.78, 5) is 21.7. The van der Waals surface area contributed by atoms with Gasteiger partial charge in [-0.1, -0.05) is 13.8 Å². The quantitative estimate of drug-likeness (QED) is 0.650. The third-order valence-electron chi connectivity index (χ3n) is 6.61. The van der Waals surface area contributed by atoms with Gasteiger partial charge in [-0.15, -0.1) is 0 Å². The van der Waals surface area contributed by atoms with E-state index >= 15 is 0 Å². The first-order valence-corrected chi connectivity index (χ1v) is 9.89. The molecule has 136 valence electrons. The summed E-state index contributed by atoms with van der Waals surface area (Å²) in [5, 5.41) is 0. The van der Waals surface area contributed by atoms with E-state index in [1.54, 1.807) is 0 Å². The van der Waals surface area contributed by atoms with Crippen molar-refractivity contribution in [2.45, 2.75) is 64.2 Å². The smallest absolute Gasteiger partial charge is 0.145 e. The first-order chi connectivity index (χ1) is 12.5. The van der Waals surface area contributed by atoms with Gasteiger partial charge in [0.1, 0.15) is 5.78 Å². The van der Waals surface area contributed by atoms with Crippen LogP contribution in [0.4, 0.5) is 0 Å². The molecule has 0 amide bonds. The maximum atomic E-state index is 13.5. The molecule has 2 aliphatic carbocycles. The first-order valence-electron chi connectivity index (χ1n) is 9.89. The minimum absolute atomic E-state index is 0.0584. The number of carbonyl (C=O) groups is 1. The standard InChI is InChI=1S/C23H28N2O/c1-17(19-3-11-24-12-4-19)15-22(7-8-22)21(26)23(9-10-23)16-18(2)20-5-13-25-14-6-20/h3-6,11-14,17-18H,7-10,15-16H2,1-2H3. The van der Waals surface area contributed by atoms with Crippen molar-refractivity contribution in [3.8, 4) is 0 Å². The van der Waals surface area contributed by atoms with Gasteiger partial charge in [0.25, 0.3) is 0 Å². The minimum atomic E-state index is -0.0584. The Balaban J connectivity index is 1.45. The molecule has 0 saturated heterocycles. The van der Waals surface area contributed by atoms with Crippen molar-refractivity contribution in [1.82, 2.24) is 9.97 Å². The molecule has 0 aromatic carbocycles. The molecule has 2 aromatic heterocycles. The number of hydrogen-bond donors (Lipinski definition) is 0. The van der Waals surface area contributed by atoms with Crippen molar-refractivity contribution in [2.75, 3.05) is 0 Å². The van der Waals surface area contributed by atoms with E-state index in [0.29, 0.717) is 17.6 Å². The molecule has 2 heterocycles. The number of pyridine rings is 2. The third-order valence-corrected chi connectivity index (χ3v) is 6.61. The van der Waals surface area contributed by atoms with Gasteiger partial charge in [-0.3, -0.25) is 14.8 Å². The van der Waals surface area contributed by atoms with Crippen LogP contribution in [0.25, 0.3) is 0 Å². The topological polar surface area (TPSA) is 42.9 Å². The van der Waals surface area contributed by atoms with Crippen molar-refractivity contribution in [1.29, 1.82) is 0 Å². The molecular formula is C23H28N2O.